The van der Waals surface area contributed by atoms with Crippen molar-refractivity contribution < 1.29 is 19.0 Å². The van der Waals surface area contributed by atoms with Gasteiger partial charge in [0.15, 0.2) is 0 Å². The molecule has 1 aromatic carbocycles. The third-order valence-corrected chi connectivity index (χ3v) is 2.87. The Morgan fingerprint density at radius 1 is 1.23 bits per heavy atom. The van der Waals surface area contributed by atoms with Crippen LogP contribution in [0.3, 0.4) is 0 Å². The summed E-state index contributed by atoms with van der Waals surface area (Å²) in [5.74, 6) is -3.40. The van der Waals surface area contributed by atoms with Crippen LogP contribution < -0.4 is 0 Å². The van der Waals surface area contributed by atoms with Gasteiger partial charge in [-0.1, -0.05) is 12.1 Å². The number of aryl methyl sites for hydroxylation is 1. The Kier molecular flexibility index (Phi) is 3.93. The van der Waals surface area contributed by atoms with E-state index in [0.717, 1.165) is 12.1 Å². The first-order valence-corrected chi connectivity index (χ1v) is 5.97. The minimum Gasteiger partial charge on any atom is -0.358 e. The molecule has 0 radical (unpaired) electrons. The number of imidazole rings is 1. The molecule has 114 valence electrons. The molecule has 0 amide bonds. The smallest absolute Gasteiger partial charge is 0.358 e. The van der Waals surface area contributed by atoms with Crippen LogP contribution in [0.25, 0.3) is 0 Å². The maximum Gasteiger partial charge on any atom is 0.463 e. The number of hydrogen-bond donors (Lipinski definition) is 0. The van der Waals surface area contributed by atoms with Gasteiger partial charge in [0.25, 0.3) is 0 Å². The lowest BCUT2D eigenvalue weighted by molar-refractivity contribution is -0.428. The highest BCUT2D eigenvalue weighted by Gasteiger charge is 2.39. The Bertz CT molecular complexity index is 769. The van der Waals surface area contributed by atoms with E-state index in [4.69, 9.17) is 0 Å². The zero-order valence-electron chi connectivity index (χ0n) is 11.2. The van der Waals surface area contributed by atoms with Crippen molar-refractivity contribution in [3.8, 4) is 0 Å². The normalized spacial score (nSPS) is 10.5. The standard InChI is InChI=1S/C12H9FN4O5/c1-7-14-11(16(19)20)12(17(21)22)15(7)10(18)6-8-2-4-9(13)5-3-8/h2-5H,6H2,1H3. The molecule has 1 aromatic heterocycles. The molecule has 0 unspecified atom stereocenters. The molecule has 0 N–H and O–H groups in total. The first-order chi connectivity index (χ1) is 10.3. The average Bonchev–Trinajstić information content (AvgIpc) is 2.79. The molecule has 0 aliphatic rings. The van der Waals surface area contributed by atoms with Crippen LogP contribution in [0.15, 0.2) is 24.3 Å². The molecule has 0 aliphatic heterocycles. The highest BCUT2D eigenvalue weighted by atomic mass is 19.1. The van der Waals surface area contributed by atoms with Crippen LogP contribution >= 0.6 is 0 Å². The summed E-state index contributed by atoms with van der Waals surface area (Å²) in [7, 11) is 0. The molecular weight excluding hydrogens is 299 g/mol. The molecule has 0 atom stereocenters. The fourth-order valence-corrected chi connectivity index (χ4v) is 1.95. The molecular formula is C12H9FN4O5. The van der Waals surface area contributed by atoms with Crippen LogP contribution in [-0.2, 0) is 6.42 Å². The molecule has 0 spiro atoms. The number of nitro groups is 2. The molecule has 0 aliphatic carbocycles. The fourth-order valence-electron chi connectivity index (χ4n) is 1.95. The van der Waals surface area contributed by atoms with Gasteiger partial charge in [-0.05, 0) is 27.5 Å². The number of benzene rings is 1. The number of carbonyl (C=O) groups is 1. The van der Waals surface area contributed by atoms with E-state index in [1.807, 2.05) is 0 Å². The molecule has 22 heavy (non-hydrogen) atoms. The summed E-state index contributed by atoms with van der Waals surface area (Å²) in [6.45, 7) is 1.25. The summed E-state index contributed by atoms with van der Waals surface area (Å²) < 4.78 is 13.4. The fraction of sp³-hybridized carbons (Fsp3) is 0.167. The summed E-state index contributed by atoms with van der Waals surface area (Å²) >= 11 is 0. The van der Waals surface area contributed by atoms with Crippen molar-refractivity contribution in [1.29, 1.82) is 0 Å². The Hall–Kier alpha value is -3.17. The SMILES string of the molecule is Cc1nc([N+](=O)[O-])c([N+](=O)[O-])n1C(=O)Cc1ccc(F)cc1. The lowest BCUT2D eigenvalue weighted by Gasteiger charge is -2.00. The number of rotatable bonds is 4. The van der Waals surface area contributed by atoms with Crippen LogP contribution in [0, 0.1) is 33.0 Å². The zero-order valence-corrected chi connectivity index (χ0v) is 11.2. The third-order valence-electron chi connectivity index (χ3n) is 2.87. The van der Waals surface area contributed by atoms with Gasteiger partial charge in [-0.3, -0.25) is 0 Å². The van der Waals surface area contributed by atoms with Crippen molar-refractivity contribution in [1.82, 2.24) is 9.55 Å². The zero-order chi connectivity index (χ0) is 16.4. The lowest BCUT2D eigenvalue weighted by atomic mass is 10.1. The quantitative estimate of drug-likeness (QED) is 0.629. The van der Waals surface area contributed by atoms with Gasteiger partial charge in [0.2, 0.25) is 0 Å². The summed E-state index contributed by atoms with van der Waals surface area (Å²) in [4.78, 5) is 35.4. The molecule has 10 heteroatoms. The highest BCUT2D eigenvalue weighted by molar-refractivity contribution is 5.85. The maximum atomic E-state index is 12.8. The first kappa shape index (κ1) is 15.2. The highest BCUT2D eigenvalue weighted by Crippen LogP contribution is 2.27. The van der Waals surface area contributed by atoms with Gasteiger partial charge >= 0.3 is 23.4 Å². The van der Waals surface area contributed by atoms with Gasteiger partial charge in [-0.2, -0.15) is 0 Å². The van der Waals surface area contributed by atoms with Gasteiger partial charge in [-0.15, -0.1) is 4.57 Å². The molecule has 2 rings (SSSR count). The monoisotopic (exact) mass is 308 g/mol. The van der Waals surface area contributed by atoms with Gasteiger partial charge in [0.05, 0.1) is 6.42 Å². The predicted octanol–water partition coefficient (Wildman–Crippen LogP) is 2.03. The van der Waals surface area contributed by atoms with Crippen LogP contribution in [0.2, 0.25) is 0 Å². The van der Waals surface area contributed by atoms with Crippen molar-refractivity contribution in [2.45, 2.75) is 13.3 Å². The second-order valence-corrected chi connectivity index (χ2v) is 4.35. The summed E-state index contributed by atoms with van der Waals surface area (Å²) in [6.07, 6.45) is -0.282. The third kappa shape index (κ3) is 2.80. The minimum absolute atomic E-state index is 0.162. The average molecular weight is 308 g/mol. The van der Waals surface area contributed by atoms with E-state index in [9.17, 15) is 29.4 Å². The van der Waals surface area contributed by atoms with E-state index >= 15 is 0 Å². The Morgan fingerprint density at radius 2 is 1.82 bits per heavy atom. The van der Waals surface area contributed by atoms with Crippen molar-refractivity contribution in [2.75, 3.05) is 0 Å². The Labute approximate surface area is 122 Å². The molecule has 9 nitrogen and oxygen atoms in total. The first-order valence-electron chi connectivity index (χ1n) is 5.97. The molecule has 0 bridgehead atoms. The Balaban J connectivity index is 2.43. The molecule has 1 heterocycles. The van der Waals surface area contributed by atoms with Crippen molar-refractivity contribution in [3.05, 3.63) is 61.7 Å². The predicted molar refractivity (Wildman–Crippen MR) is 71.0 cm³/mol. The van der Waals surface area contributed by atoms with Crippen LogP contribution in [-0.4, -0.2) is 25.3 Å². The molecule has 0 saturated carbocycles. The Morgan fingerprint density at radius 3 is 2.32 bits per heavy atom. The van der Waals surface area contributed by atoms with E-state index in [-0.39, 0.29) is 12.2 Å². The van der Waals surface area contributed by atoms with Gasteiger partial charge in [0.1, 0.15) is 5.82 Å². The maximum absolute atomic E-state index is 12.8. The second-order valence-electron chi connectivity index (χ2n) is 4.35. The van der Waals surface area contributed by atoms with E-state index < -0.39 is 33.2 Å². The molecule has 0 fully saturated rings. The summed E-state index contributed by atoms with van der Waals surface area (Å²) in [5.41, 5.74) is 0.413. The van der Waals surface area contributed by atoms with Gasteiger partial charge < -0.3 is 20.2 Å². The second kappa shape index (κ2) is 5.68. The number of aromatic nitrogens is 2. The number of hydrogen-bond acceptors (Lipinski definition) is 6. The van der Waals surface area contributed by atoms with Crippen LogP contribution in [0.1, 0.15) is 16.2 Å². The molecule has 2 aromatic rings. The topological polar surface area (TPSA) is 121 Å². The van der Waals surface area contributed by atoms with Gasteiger partial charge in [0, 0.05) is 11.9 Å². The van der Waals surface area contributed by atoms with E-state index in [1.165, 1.54) is 19.1 Å². The number of nitrogens with zero attached hydrogens (tertiary/aromatic N) is 4. The number of carbonyl (C=O) groups excluding carboxylic acids is 1. The van der Waals surface area contributed by atoms with E-state index in [2.05, 4.69) is 4.98 Å². The van der Waals surface area contributed by atoms with Crippen molar-refractivity contribution in [2.24, 2.45) is 0 Å². The van der Waals surface area contributed by atoms with Crippen molar-refractivity contribution in [3.63, 3.8) is 0 Å². The lowest BCUT2D eigenvalue weighted by Crippen LogP contribution is -2.17. The van der Waals surface area contributed by atoms with Crippen LogP contribution in [0.5, 0.6) is 0 Å². The number of halogens is 1. The largest absolute Gasteiger partial charge is 0.463 e. The van der Waals surface area contributed by atoms with Crippen LogP contribution in [0.4, 0.5) is 16.0 Å². The van der Waals surface area contributed by atoms with E-state index in [0.29, 0.717) is 10.1 Å². The summed E-state index contributed by atoms with van der Waals surface area (Å²) in [5, 5.41) is 21.8. The minimum atomic E-state index is -1.03. The van der Waals surface area contributed by atoms with Gasteiger partial charge in [-0.25, -0.2) is 9.18 Å². The molecule has 0 saturated heterocycles. The van der Waals surface area contributed by atoms with Crippen molar-refractivity contribution >= 4 is 17.5 Å². The summed E-state index contributed by atoms with van der Waals surface area (Å²) in [6, 6.07) is 4.97. The van der Waals surface area contributed by atoms with E-state index in [1.54, 1.807) is 0 Å².